The molecule has 3 rings (SSSR count). The molecule has 13 heteroatoms. The van der Waals surface area contributed by atoms with Crippen LogP contribution in [-0.2, 0) is 14.4 Å². The Morgan fingerprint density at radius 2 is 1.57 bits per heavy atom. The number of anilines is 1. The van der Waals surface area contributed by atoms with Gasteiger partial charge in [0.25, 0.3) is 17.7 Å². The highest BCUT2D eigenvalue weighted by molar-refractivity contribution is 6.11. The van der Waals surface area contributed by atoms with E-state index in [9.17, 15) is 46.5 Å². The molecule has 37 heavy (non-hydrogen) atoms. The van der Waals surface area contributed by atoms with Crippen molar-refractivity contribution in [2.45, 2.75) is 37.1 Å². The molecule has 0 radical (unpaired) electrons. The number of β-amino-alcohol motifs (C(OH)–C–C–N with tert-alkyl or cyclic N) is 1. The van der Waals surface area contributed by atoms with Crippen LogP contribution >= 0.6 is 0 Å². The first-order chi connectivity index (χ1) is 17.2. The van der Waals surface area contributed by atoms with Gasteiger partial charge < -0.3 is 25.7 Å². The molecular weight excluding hydrogens is 505 g/mol. The number of carbonyl (C=O) groups is 3. The monoisotopic (exact) mass is 529 g/mol. The van der Waals surface area contributed by atoms with Crippen LogP contribution in [0.15, 0.2) is 48.5 Å². The van der Waals surface area contributed by atoms with Crippen LogP contribution in [-0.4, -0.2) is 65.3 Å². The number of hydrogen-bond donors (Lipinski definition) is 4. The molecule has 0 saturated heterocycles. The molecule has 2 aromatic carbocycles. The molecule has 1 unspecified atom stereocenters. The summed E-state index contributed by atoms with van der Waals surface area (Å²) in [5.74, 6) is -8.71. The molecule has 1 heterocycles. The first-order valence-corrected chi connectivity index (χ1v) is 11.1. The smallest absolute Gasteiger partial charge is 0.395 e. The topological polar surface area (TPSA) is 119 Å². The number of rotatable bonds is 8. The van der Waals surface area contributed by atoms with Crippen molar-refractivity contribution in [2.24, 2.45) is 0 Å². The van der Waals surface area contributed by atoms with Crippen molar-refractivity contribution in [2.75, 3.05) is 24.6 Å². The molecule has 3 amide bonds. The summed E-state index contributed by atoms with van der Waals surface area (Å²) < 4.78 is 63.2. The van der Waals surface area contributed by atoms with Gasteiger partial charge in [-0.1, -0.05) is 42.5 Å². The third-order valence-electron chi connectivity index (χ3n) is 5.89. The zero-order valence-electron chi connectivity index (χ0n) is 19.5. The van der Waals surface area contributed by atoms with Gasteiger partial charge in [-0.3, -0.25) is 14.4 Å². The molecule has 2 aromatic rings. The van der Waals surface area contributed by atoms with Crippen LogP contribution in [0.5, 0.6) is 0 Å². The Morgan fingerprint density at radius 1 is 0.973 bits per heavy atom. The zero-order valence-corrected chi connectivity index (χ0v) is 19.5. The fourth-order valence-corrected chi connectivity index (χ4v) is 3.83. The molecule has 0 spiro atoms. The molecule has 0 aromatic heterocycles. The second-order valence-electron chi connectivity index (χ2n) is 8.50. The van der Waals surface area contributed by atoms with Crippen LogP contribution in [0.25, 0.3) is 11.1 Å². The number of aliphatic hydroxyl groups excluding tert-OH is 1. The standard InChI is InChI=1S/C24H24F5N3O5/c1-22(37,20(35)30-11-10-23(25,26)24(27,28)29)21(36)31-18-16-8-3-2-6-14(16)15-7-4-5-9-17(15)32(12-13-33)19(18)34/h2-9,18,33,37H,10-13H2,1H3,(H,30,35)(H,31,36)/t18-,22?/m0/s1. The number of aliphatic hydroxyl groups is 2. The van der Waals surface area contributed by atoms with E-state index in [2.05, 4.69) is 5.32 Å². The number of halogens is 5. The van der Waals surface area contributed by atoms with Crippen LogP contribution < -0.4 is 15.5 Å². The van der Waals surface area contributed by atoms with Crippen LogP contribution in [0.2, 0.25) is 0 Å². The van der Waals surface area contributed by atoms with Gasteiger partial charge in [-0.2, -0.15) is 22.0 Å². The second-order valence-corrected chi connectivity index (χ2v) is 8.50. The molecule has 0 saturated carbocycles. The van der Waals surface area contributed by atoms with Gasteiger partial charge in [0.2, 0.25) is 5.60 Å². The summed E-state index contributed by atoms with van der Waals surface area (Å²) in [7, 11) is 0. The fourth-order valence-electron chi connectivity index (χ4n) is 3.83. The van der Waals surface area contributed by atoms with Crippen molar-refractivity contribution in [1.29, 1.82) is 0 Å². The number of nitrogens with one attached hydrogen (secondary N) is 2. The minimum absolute atomic E-state index is 0.138. The number of fused-ring (bicyclic) bond motifs is 3. The zero-order chi connectivity index (χ0) is 27.6. The largest absolute Gasteiger partial charge is 0.453 e. The summed E-state index contributed by atoms with van der Waals surface area (Å²) in [6, 6.07) is 11.9. The van der Waals surface area contributed by atoms with Gasteiger partial charge in [-0.25, -0.2) is 0 Å². The number of benzene rings is 2. The predicted octanol–water partition coefficient (Wildman–Crippen LogP) is 2.30. The SMILES string of the molecule is CC(O)(C(=O)NCCC(F)(F)C(F)(F)F)C(=O)N[C@@H]1C(=O)N(CCO)c2ccccc2-c2ccccc21. The summed E-state index contributed by atoms with van der Waals surface area (Å²) >= 11 is 0. The predicted molar refractivity (Wildman–Crippen MR) is 121 cm³/mol. The Hall–Kier alpha value is -3.58. The Morgan fingerprint density at radius 3 is 2.19 bits per heavy atom. The fraction of sp³-hybridized carbons (Fsp3) is 0.375. The summed E-state index contributed by atoms with van der Waals surface area (Å²) in [5.41, 5.74) is -0.998. The number of carbonyl (C=O) groups excluding carboxylic acids is 3. The van der Waals surface area contributed by atoms with E-state index in [0.717, 1.165) is 0 Å². The lowest BCUT2D eigenvalue weighted by Crippen LogP contribution is -2.57. The lowest BCUT2D eigenvalue weighted by molar-refractivity contribution is -0.283. The van der Waals surface area contributed by atoms with Crippen LogP contribution in [0.4, 0.5) is 27.6 Å². The van der Waals surface area contributed by atoms with E-state index in [1.54, 1.807) is 53.8 Å². The molecule has 200 valence electrons. The molecule has 8 nitrogen and oxygen atoms in total. The number of hydrogen-bond acceptors (Lipinski definition) is 5. The first-order valence-electron chi connectivity index (χ1n) is 11.1. The van der Waals surface area contributed by atoms with E-state index in [-0.39, 0.29) is 6.54 Å². The number of para-hydroxylation sites is 1. The van der Waals surface area contributed by atoms with E-state index >= 15 is 0 Å². The van der Waals surface area contributed by atoms with Gasteiger partial charge in [-0.15, -0.1) is 0 Å². The molecular formula is C24H24F5N3O5. The minimum atomic E-state index is -5.83. The summed E-state index contributed by atoms with van der Waals surface area (Å²) in [6.07, 6.45) is -7.63. The average molecular weight is 529 g/mol. The molecule has 4 N–H and O–H groups in total. The van der Waals surface area contributed by atoms with Crippen molar-refractivity contribution >= 4 is 23.4 Å². The summed E-state index contributed by atoms with van der Waals surface area (Å²) in [5, 5.41) is 24.0. The molecule has 0 bridgehead atoms. The highest BCUT2D eigenvalue weighted by Crippen LogP contribution is 2.40. The molecule has 0 aliphatic carbocycles. The van der Waals surface area contributed by atoms with Gasteiger partial charge in [0, 0.05) is 25.1 Å². The van der Waals surface area contributed by atoms with E-state index in [0.29, 0.717) is 29.3 Å². The third kappa shape index (κ3) is 5.57. The average Bonchev–Trinajstić information content (AvgIpc) is 2.93. The Labute approximate surface area is 208 Å². The van der Waals surface area contributed by atoms with Crippen molar-refractivity contribution in [3.8, 4) is 11.1 Å². The maximum atomic E-state index is 13.5. The maximum Gasteiger partial charge on any atom is 0.453 e. The van der Waals surface area contributed by atoms with Gasteiger partial charge in [0.1, 0.15) is 6.04 Å². The number of alkyl halides is 5. The highest BCUT2D eigenvalue weighted by atomic mass is 19.4. The molecule has 0 fully saturated rings. The normalized spacial score (nSPS) is 17.2. The summed E-state index contributed by atoms with van der Waals surface area (Å²) in [4.78, 5) is 40.0. The first kappa shape index (κ1) is 28.0. The molecule has 1 aliphatic heterocycles. The van der Waals surface area contributed by atoms with Crippen molar-refractivity contribution in [1.82, 2.24) is 10.6 Å². The van der Waals surface area contributed by atoms with Crippen molar-refractivity contribution in [3.05, 3.63) is 54.1 Å². The summed E-state index contributed by atoms with van der Waals surface area (Å²) in [6.45, 7) is -1.02. The van der Waals surface area contributed by atoms with E-state index < -0.39 is 61.0 Å². The van der Waals surface area contributed by atoms with Crippen LogP contribution in [0.1, 0.15) is 24.9 Å². The third-order valence-corrected chi connectivity index (χ3v) is 5.89. The maximum absolute atomic E-state index is 13.5. The van der Waals surface area contributed by atoms with E-state index in [1.807, 2.05) is 0 Å². The van der Waals surface area contributed by atoms with Gasteiger partial charge in [0.05, 0.1) is 12.3 Å². The molecule has 1 aliphatic rings. The Kier molecular flexibility index (Phi) is 7.89. The van der Waals surface area contributed by atoms with Gasteiger partial charge >= 0.3 is 12.1 Å². The van der Waals surface area contributed by atoms with Crippen LogP contribution in [0.3, 0.4) is 0 Å². The highest BCUT2D eigenvalue weighted by Gasteiger charge is 2.56. The number of nitrogens with zero attached hydrogens (tertiary/aromatic N) is 1. The second kappa shape index (κ2) is 10.4. The minimum Gasteiger partial charge on any atom is -0.395 e. The van der Waals surface area contributed by atoms with E-state index in [4.69, 9.17) is 0 Å². The van der Waals surface area contributed by atoms with Crippen molar-refractivity contribution in [3.63, 3.8) is 0 Å². The lowest BCUT2D eigenvalue weighted by Gasteiger charge is -2.28. The molecule has 2 atom stereocenters. The Balaban J connectivity index is 1.85. The Bertz CT molecular complexity index is 1190. The number of amides is 3. The van der Waals surface area contributed by atoms with Crippen LogP contribution in [0, 0.1) is 0 Å². The lowest BCUT2D eigenvalue weighted by atomic mass is 9.94. The van der Waals surface area contributed by atoms with Crippen molar-refractivity contribution < 1.29 is 46.5 Å². The van der Waals surface area contributed by atoms with Gasteiger partial charge in [-0.05, 0) is 24.1 Å². The van der Waals surface area contributed by atoms with E-state index in [1.165, 1.54) is 4.90 Å². The van der Waals surface area contributed by atoms with Gasteiger partial charge in [0.15, 0.2) is 0 Å². The quantitative estimate of drug-likeness (QED) is 0.309.